The molecule has 0 unspecified atom stereocenters. The first kappa shape index (κ1) is 13.0. The van der Waals surface area contributed by atoms with Crippen LogP contribution in [0.4, 0.5) is 0 Å². The Hall–Kier alpha value is -2.99. The molecule has 21 heavy (non-hydrogen) atoms. The highest BCUT2D eigenvalue weighted by Gasteiger charge is 2.05. The van der Waals surface area contributed by atoms with Crippen LogP contribution in [0.2, 0.25) is 0 Å². The summed E-state index contributed by atoms with van der Waals surface area (Å²) in [6.45, 7) is 0.345. The van der Waals surface area contributed by atoms with Crippen molar-refractivity contribution in [2.24, 2.45) is 0 Å². The molecule has 0 aliphatic rings. The number of hydrogen-bond donors (Lipinski definition) is 1. The van der Waals surface area contributed by atoms with Crippen molar-refractivity contribution in [2.75, 3.05) is 0 Å². The lowest BCUT2D eigenvalue weighted by Crippen LogP contribution is -1.95. The fourth-order valence-corrected chi connectivity index (χ4v) is 2.16. The first-order valence-electron chi connectivity index (χ1n) is 6.60. The van der Waals surface area contributed by atoms with E-state index in [1.807, 2.05) is 42.5 Å². The normalized spacial score (nSPS) is 10.2. The first-order chi connectivity index (χ1) is 10.3. The molecule has 3 aromatic carbocycles. The Kier molecular flexibility index (Phi) is 3.44. The van der Waals surface area contributed by atoms with E-state index in [1.165, 1.54) is 0 Å². The number of benzene rings is 3. The summed E-state index contributed by atoms with van der Waals surface area (Å²) in [6.07, 6.45) is 0. The van der Waals surface area contributed by atoms with Gasteiger partial charge < -0.3 is 9.84 Å². The van der Waals surface area contributed by atoms with E-state index in [1.54, 1.807) is 18.2 Å². The van der Waals surface area contributed by atoms with Crippen molar-refractivity contribution in [1.82, 2.24) is 0 Å². The van der Waals surface area contributed by atoms with Gasteiger partial charge in [0.2, 0.25) is 0 Å². The minimum Gasteiger partial charge on any atom is -0.504 e. The lowest BCUT2D eigenvalue weighted by molar-refractivity contribution is 0.289. The highest BCUT2D eigenvalue weighted by molar-refractivity contribution is 5.85. The summed E-state index contributed by atoms with van der Waals surface area (Å²) in [4.78, 5) is 0. The van der Waals surface area contributed by atoms with Crippen LogP contribution in [0.15, 0.2) is 60.7 Å². The summed E-state index contributed by atoms with van der Waals surface area (Å²) in [7, 11) is 0. The highest BCUT2D eigenvalue weighted by Crippen LogP contribution is 2.31. The van der Waals surface area contributed by atoms with E-state index in [9.17, 15) is 5.11 Å². The summed E-state index contributed by atoms with van der Waals surface area (Å²) in [5.41, 5.74) is 1.56. The van der Waals surface area contributed by atoms with E-state index in [0.29, 0.717) is 17.9 Å². The van der Waals surface area contributed by atoms with E-state index in [0.717, 1.165) is 16.3 Å². The molecule has 0 aliphatic heterocycles. The smallest absolute Gasteiger partial charge is 0.162 e. The molecule has 0 radical (unpaired) electrons. The maximum absolute atomic E-state index is 10.0. The number of fused-ring (bicyclic) bond motifs is 1. The van der Waals surface area contributed by atoms with E-state index < -0.39 is 0 Å². The van der Waals surface area contributed by atoms with Gasteiger partial charge >= 0.3 is 0 Å². The van der Waals surface area contributed by atoms with Gasteiger partial charge in [0, 0.05) is 0 Å². The van der Waals surface area contributed by atoms with E-state index >= 15 is 0 Å². The molecule has 102 valence electrons. The molecule has 0 saturated carbocycles. The van der Waals surface area contributed by atoms with Gasteiger partial charge in [0.15, 0.2) is 11.5 Å². The molecule has 3 nitrogen and oxygen atoms in total. The molecular weight excluding hydrogens is 262 g/mol. The molecule has 0 spiro atoms. The number of phenolic OH excluding ortho intramolecular Hbond substituents is 1. The number of ether oxygens (including phenoxy) is 1. The fourth-order valence-electron chi connectivity index (χ4n) is 2.16. The van der Waals surface area contributed by atoms with E-state index in [-0.39, 0.29) is 5.75 Å². The number of aromatic hydroxyl groups is 1. The third kappa shape index (κ3) is 2.80. The van der Waals surface area contributed by atoms with Gasteiger partial charge in [0.1, 0.15) is 6.61 Å². The molecular formula is C18H13NO2. The molecule has 0 aromatic heterocycles. The second kappa shape index (κ2) is 5.56. The van der Waals surface area contributed by atoms with Gasteiger partial charge in [-0.1, -0.05) is 36.4 Å². The summed E-state index contributed by atoms with van der Waals surface area (Å²) >= 11 is 0. The maximum Gasteiger partial charge on any atom is 0.162 e. The molecule has 0 amide bonds. The van der Waals surface area contributed by atoms with Crippen molar-refractivity contribution >= 4 is 10.8 Å². The van der Waals surface area contributed by atoms with Crippen molar-refractivity contribution in [3.63, 3.8) is 0 Å². The lowest BCUT2D eigenvalue weighted by Gasteiger charge is -2.09. The number of phenols is 1. The monoisotopic (exact) mass is 275 g/mol. The molecule has 3 rings (SSSR count). The average molecular weight is 275 g/mol. The molecule has 3 aromatic rings. The third-order valence-electron chi connectivity index (χ3n) is 3.30. The first-order valence-corrected chi connectivity index (χ1v) is 6.60. The van der Waals surface area contributed by atoms with Crippen molar-refractivity contribution in [2.45, 2.75) is 6.61 Å². The minimum absolute atomic E-state index is 0.127. The Bertz CT molecular complexity index is 817. The number of rotatable bonds is 3. The van der Waals surface area contributed by atoms with E-state index in [4.69, 9.17) is 10.00 Å². The Morgan fingerprint density at radius 3 is 2.29 bits per heavy atom. The molecule has 0 atom stereocenters. The van der Waals surface area contributed by atoms with Crippen molar-refractivity contribution < 1.29 is 9.84 Å². The van der Waals surface area contributed by atoms with Gasteiger partial charge in [0.05, 0.1) is 11.6 Å². The highest BCUT2D eigenvalue weighted by atomic mass is 16.5. The van der Waals surface area contributed by atoms with Gasteiger partial charge in [-0.05, 0) is 40.6 Å². The van der Waals surface area contributed by atoms with Gasteiger partial charge in [-0.3, -0.25) is 0 Å². The second-order valence-electron chi connectivity index (χ2n) is 4.76. The Morgan fingerprint density at radius 1 is 0.952 bits per heavy atom. The van der Waals surface area contributed by atoms with Crippen LogP contribution >= 0.6 is 0 Å². The predicted octanol–water partition coefficient (Wildman–Crippen LogP) is 4.00. The zero-order chi connectivity index (χ0) is 14.7. The number of hydrogen-bond acceptors (Lipinski definition) is 3. The molecule has 0 fully saturated rings. The quantitative estimate of drug-likeness (QED) is 0.786. The SMILES string of the molecule is N#Cc1ccc(COc2cc3ccccc3cc2O)cc1. The van der Waals surface area contributed by atoms with Gasteiger partial charge in [-0.15, -0.1) is 0 Å². The summed E-state index contributed by atoms with van der Waals surface area (Å²) in [5, 5.41) is 20.8. The fraction of sp³-hybridized carbons (Fsp3) is 0.0556. The van der Waals surface area contributed by atoms with Gasteiger partial charge in [-0.25, -0.2) is 0 Å². The topological polar surface area (TPSA) is 53.2 Å². The molecule has 1 N–H and O–H groups in total. The van der Waals surface area contributed by atoms with Crippen LogP contribution in [0.3, 0.4) is 0 Å². The summed E-state index contributed by atoms with van der Waals surface area (Å²) in [6, 6.07) is 20.6. The minimum atomic E-state index is 0.127. The Labute approximate surface area is 122 Å². The maximum atomic E-state index is 10.0. The van der Waals surface area contributed by atoms with Crippen molar-refractivity contribution in [3.8, 4) is 17.6 Å². The van der Waals surface area contributed by atoms with E-state index in [2.05, 4.69) is 6.07 Å². The molecule has 3 heteroatoms. The Balaban J connectivity index is 1.81. The van der Waals surface area contributed by atoms with Crippen LogP contribution in [0.1, 0.15) is 11.1 Å². The van der Waals surface area contributed by atoms with Gasteiger partial charge in [0.25, 0.3) is 0 Å². The molecule has 0 heterocycles. The largest absolute Gasteiger partial charge is 0.504 e. The number of nitrogens with zero attached hydrogens (tertiary/aromatic N) is 1. The summed E-state index contributed by atoms with van der Waals surface area (Å²) in [5.74, 6) is 0.584. The standard InChI is InChI=1S/C18H13NO2/c19-11-13-5-7-14(8-6-13)12-21-18-10-16-4-2-1-3-15(16)9-17(18)20/h1-10,20H,12H2. The zero-order valence-corrected chi connectivity index (χ0v) is 11.3. The molecule has 0 aliphatic carbocycles. The predicted molar refractivity (Wildman–Crippen MR) is 81.1 cm³/mol. The van der Waals surface area contributed by atoms with Crippen molar-refractivity contribution in [3.05, 3.63) is 71.8 Å². The summed E-state index contributed by atoms with van der Waals surface area (Å²) < 4.78 is 5.67. The van der Waals surface area contributed by atoms with Crippen LogP contribution in [0.5, 0.6) is 11.5 Å². The lowest BCUT2D eigenvalue weighted by atomic mass is 10.1. The van der Waals surface area contributed by atoms with Crippen LogP contribution < -0.4 is 4.74 Å². The zero-order valence-electron chi connectivity index (χ0n) is 11.3. The van der Waals surface area contributed by atoms with Crippen molar-refractivity contribution in [1.29, 1.82) is 5.26 Å². The third-order valence-corrected chi connectivity index (χ3v) is 3.30. The molecule has 0 saturated heterocycles. The molecule has 0 bridgehead atoms. The van der Waals surface area contributed by atoms with Crippen LogP contribution in [-0.4, -0.2) is 5.11 Å². The number of nitriles is 1. The average Bonchev–Trinajstić information content (AvgIpc) is 2.53. The van der Waals surface area contributed by atoms with Gasteiger partial charge in [-0.2, -0.15) is 5.26 Å². The second-order valence-corrected chi connectivity index (χ2v) is 4.76. The Morgan fingerprint density at radius 2 is 1.62 bits per heavy atom. The van der Waals surface area contributed by atoms with Crippen LogP contribution in [-0.2, 0) is 6.61 Å². The van der Waals surface area contributed by atoms with Crippen LogP contribution in [0, 0.1) is 11.3 Å². The van der Waals surface area contributed by atoms with Crippen LogP contribution in [0.25, 0.3) is 10.8 Å².